The molecule has 5 atom stereocenters. The molecule has 3 N–H and O–H groups in total. The Morgan fingerprint density at radius 1 is 1.17 bits per heavy atom. The zero-order chi connectivity index (χ0) is 17.3. The van der Waals surface area contributed by atoms with Gasteiger partial charge >= 0.3 is 5.63 Å². The molecule has 2 heterocycles. The van der Waals surface area contributed by atoms with E-state index in [9.17, 15) is 20.1 Å². The van der Waals surface area contributed by atoms with E-state index in [0.29, 0.717) is 11.0 Å². The van der Waals surface area contributed by atoms with Crippen LogP contribution in [0.25, 0.3) is 11.0 Å². The normalized spacial score (nSPS) is 30.4. The second-order valence-electron chi connectivity index (χ2n) is 5.48. The highest BCUT2D eigenvalue weighted by atomic mass is 16.7. The molecule has 1 aromatic carbocycles. The van der Waals surface area contributed by atoms with E-state index in [-0.39, 0.29) is 5.75 Å². The largest absolute Gasteiger partial charge is 0.462 e. The van der Waals surface area contributed by atoms with Crippen LogP contribution in [0.4, 0.5) is 0 Å². The van der Waals surface area contributed by atoms with Crippen LogP contribution in [0.5, 0.6) is 5.75 Å². The lowest BCUT2D eigenvalue weighted by atomic mass is 9.99. The van der Waals surface area contributed by atoms with E-state index < -0.39 is 42.9 Å². The maximum absolute atomic E-state index is 11.3. The van der Waals surface area contributed by atoms with E-state index >= 15 is 0 Å². The molecule has 8 heteroatoms. The van der Waals surface area contributed by atoms with Crippen LogP contribution in [0.2, 0.25) is 0 Å². The molecule has 0 aliphatic carbocycles. The maximum Gasteiger partial charge on any atom is 0.336 e. The summed E-state index contributed by atoms with van der Waals surface area (Å²) in [6.07, 6.45) is -5.60. The summed E-state index contributed by atoms with van der Waals surface area (Å²) in [6, 6.07) is 7.70. The van der Waals surface area contributed by atoms with Crippen molar-refractivity contribution in [2.45, 2.75) is 30.7 Å². The molecule has 1 aliphatic heterocycles. The molecule has 130 valence electrons. The first-order chi connectivity index (χ1) is 11.5. The number of hydrogen-bond acceptors (Lipinski definition) is 8. The molecular weight excluding hydrogens is 320 g/mol. The number of benzene rings is 1. The highest BCUT2D eigenvalue weighted by Crippen LogP contribution is 2.27. The highest BCUT2D eigenvalue weighted by Gasteiger charge is 2.45. The molecule has 8 nitrogen and oxygen atoms in total. The minimum absolute atomic E-state index is 0.278. The first-order valence-corrected chi connectivity index (χ1v) is 7.39. The highest BCUT2D eigenvalue weighted by molar-refractivity contribution is 5.77. The van der Waals surface area contributed by atoms with Crippen molar-refractivity contribution in [2.75, 3.05) is 13.7 Å². The van der Waals surface area contributed by atoms with Crippen LogP contribution >= 0.6 is 0 Å². The standard InChI is InChI=1S/C16H18O8/c1-21-15-11(7-17)24-16(14(20)13(15)19)22-9-4-2-8-3-5-12(18)23-10(8)6-9/h2-6,11,13-17,19-20H,7H2,1H3/t11-,13-,14-,15+,16?/m1/s1. The van der Waals surface area contributed by atoms with Crippen LogP contribution in [0.15, 0.2) is 39.5 Å². The smallest absolute Gasteiger partial charge is 0.336 e. The fourth-order valence-corrected chi connectivity index (χ4v) is 2.69. The minimum Gasteiger partial charge on any atom is -0.462 e. The Kier molecular flexibility index (Phi) is 4.83. The average molecular weight is 338 g/mol. The lowest BCUT2D eigenvalue weighted by molar-refractivity contribution is -0.281. The molecule has 24 heavy (non-hydrogen) atoms. The van der Waals surface area contributed by atoms with E-state index in [1.807, 2.05) is 0 Å². The third-order valence-corrected chi connectivity index (χ3v) is 3.94. The Hall–Kier alpha value is -1.97. The number of ether oxygens (including phenoxy) is 3. The molecule has 3 rings (SSSR count). The van der Waals surface area contributed by atoms with Gasteiger partial charge in [-0.25, -0.2) is 4.79 Å². The molecule has 1 unspecified atom stereocenters. The number of aliphatic hydroxyl groups excluding tert-OH is 3. The zero-order valence-electron chi connectivity index (χ0n) is 12.9. The molecule has 1 fully saturated rings. The lowest BCUT2D eigenvalue weighted by Crippen LogP contribution is -2.60. The fraction of sp³-hybridized carbons (Fsp3) is 0.438. The van der Waals surface area contributed by atoms with Gasteiger partial charge in [0.2, 0.25) is 6.29 Å². The molecule has 1 aromatic heterocycles. The van der Waals surface area contributed by atoms with Crippen molar-refractivity contribution in [3.8, 4) is 5.75 Å². The van der Waals surface area contributed by atoms with Crippen molar-refractivity contribution in [1.82, 2.24) is 0 Å². The van der Waals surface area contributed by atoms with Gasteiger partial charge in [-0.3, -0.25) is 0 Å². The quantitative estimate of drug-likeness (QED) is 0.646. The van der Waals surface area contributed by atoms with Gasteiger partial charge in [0.1, 0.15) is 35.7 Å². The fourth-order valence-electron chi connectivity index (χ4n) is 2.69. The third kappa shape index (κ3) is 3.14. The van der Waals surface area contributed by atoms with Crippen molar-refractivity contribution in [3.63, 3.8) is 0 Å². The predicted molar refractivity (Wildman–Crippen MR) is 81.7 cm³/mol. The maximum atomic E-state index is 11.3. The van der Waals surface area contributed by atoms with Crippen LogP contribution in [-0.2, 0) is 9.47 Å². The van der Waals surface area contributed by atoms with Gasteiger partial charge in [-0.15, -0.1) is 0 Å². The molecular formula is C16H18O8. The average Bonchev–Trinajstić information content (AvgIpc) is 2.58. The van der Waals surface area contributed by atoms with E-state index in [0.717, 1.165) is 0 Å². The first-order valence-electron chi connectivity index (χ1n) is 7.39. The second kappa shape index (κ2) is 6.88. The topological polar surface area (TPSA) is 119 Å². The summed E-state index contributed by atoms with van der Waals surface area (Å²) < 4.78 is 21.1. The Morgan fingerprint density at radius 3 is 2.62 bits per heavy atom. The molecule has 0 radical (unpaired) electrons. The lowest BCUT2D eigenvalue weighted by Gasteiger charge is -2.41. The van der Waals surface area contributed by atoms with Crippen LogP contribution in [0.1, 0.15) is 0 Å². The van der Waals surface area contributed by atoms with Gasteiger partial charge in [0.15, 0.2) is 0 Å². The van der Waals surface area contributed by atoms with E-state index in [1.54, 1.807) is 18.2 Å². The van der Waals surface area contributed by atoms with Crippen LogP contribution < -0.4 is 10.4 Å². The van der Waals surface area contributed by atoms with Gasteiger partial charge in [-0.2, -0.15) is 0 Å². The summed E-state index contributed by atoms with van der Waals surface area (Å²) in [5, 5.41) is 30.3. The van der Waals surface area contributed by atoms with Gasteiger partial charge in [0.25, 0.3) is 0 Å². The molecule has 0 saturated carbocycles. The number of hydrogen-bond donors (Lipinski definition) is 3. The Labute approximate surface area is 136 Å². The Bertz CT molecular complexity index is 755. The van der Waals surface area contributed by atoms with Crippen molar-refractivity contribution < 1.29 is 33.9 Å². The van der Waals surface area contributed by atoms with Crippen LogP contribution in [0.3, 0.4) is 0 Å². The van der Waals surface area contributed by atoms with Crippen molar-refractivity contribution in [2.24, 2.45) is 0 Å². The van der Waals surface area contributed by atoms with Crippen LogP contribution in [-0.4, -0.2) is 59.7 Å². The van der Waals surface area contributed by atoms with E-state index in [1.165, 1.54) is 19.2 Å². The monoisotopic (exact) mass is 338 g/mol. The third-order valence-electron chi connectivity index (χ3n) is 3.94. The number of rotatable bonds is 4. The first kappa shape index (κ1) is 16.9. The van der Waals surface area contributed by atoms with Gasteiger partial charge in [0.05, 0.1) is 6.61 Å². The molecule has 0 bridgehead atoms. The number of methoxy groups -OCH3 is 1. The van der Waals surface area contributed by atoms with Gasteiger partial charge in [-0.05, 0) is 18.2 Å². The summed E-state index contributed by atoms with van der Waals surface area (Å²) in [5.41, 5.74) is -0.174. The molecule has 2 aromatic rings. The summed E-state index contributed by atoms with van der Waals surface area (Å²) >= 11 is 0. The number of aliphatic hydroxyl groups is 3. The summed E-state index contributed by atoms with van der Waals surface area (Å²) in [4.78, 5) is 11.3. The van der Waals surface area contributed by atoms with Crippen molar-refractivity contribution in [3.05, 3.63) is 40.8 Å². The van der Waals surface area contributed by atoms with E-state index in [4.69, 9.17) is 18.6 Å². The predicted octanol–water partition coefficient (Wildman–Crippen LogP) is -0.374. The van der Waals surface area contributed by atoms with Crippen molar-refractivity contribution in [1.29, 1.82) is 0 Å². The number of fused-ring (bicyclic) bond motifs is 1. The summed E-state index contributed by atoms with van der Waals surface area (Å²) in [7, 11) is 1.35. The van der Waals surface area contributed by atoms with Gasteiger partial charge in [-0.1, -0.05) is 0 Å². The zero-order valence-corrected chi connectivity index (χ0v) is 12.9. The Balaban J connectivity index is 1.83. The molecule has 1 saturated heterocycles. The SMILES string of the molecule is CO[C@@H]1[C@H](O)[C@@H](O)C(Oc2ccc3ccc(=O)oc3c2)O[C@@H]1CO. The summed E-state index contributed by atoms with van der Waals surface area (Å²) in [6.45, 7) is -0.408. The molecule has 0 spiro atoms. The van der Waals surface area contributed by atoms with Crippen LogP contribution in [0, 0.1) is 0 Å². The van der Waals surface area contributed by atoms with Crippen molar-refractivity contribution >= 4 is 11.0 Å². The Morgan fingerprint density at radius 2 is 1.92 bits per heavy atom. The summed E-state index contributed by atoms with van der Waals surface area (Å²) in [5.74, 6) is 0.278. The second-order valence-corrected chi connectivity index (χ2v) is 5.48. The minimum atomic E-state index is -1.38. The van der Waals surface area contributed by atoms with Gasteiger partial charge < -0.3 is 33.9 Å². The molecule has 1 aliphatic rings. The molecule has 0 amide bonds. The van der Waals surface area contributed by atoms with Gasteiger partial charge in [0, 0.05) is 24.6 Å². The van der Waals surface area contributed by atoms with E-state index in [2.05, 4.69) is 0 Å².